The van der Waals surface area contributed by atoms with E-state index in [2.05, 4.69) is 6.07 Å². The summed E-state index contributed by atoms with van der Waals surface area (Å²) in [7, 11) is 3.28. The summed E-state index contributed by atoms with van der Waals surface area (Å²) in [6.45, 7) is 0.335. The van der Waals surface area contributed by atoms with E-state index in [1.165, 1.54) is 16.7 Å². The van der Waals surface area contributed by atoms with Gasteiger partial charge >= 0.3 is 6.09 Å². The van der Waals surface area contributed by atoms with Gasteiger partial charge in [-0.05, 0) is 12.1 Å². The van der Waals surface area contributed by atoms with Gasteiger partial charge < -0.3 is 9.64 Å². The third-order valence-corrected chi connectivity index (χ3v) is 2.98. The summed E-state index contributed by atoms with van der Waals surface area (Å²) >= 11 is 1.51. The van der Waals surface area contributed by atoms with Gasteiger partial charge in [0.15, 0.2) is 0 Å². The number of amides is 1. The fourth-order valence-electron chi connectivity index (χ4n) is 1.09. The molecule has 0 atom stereocenters. The van der Waals surface area contributed by atoms with Crippen LogP contribution < -0.4 is 0 Å². The van der Waals surface area contributed by atoms with Crippen LogP contribution >= 0.6 is 11.8 Å². The molecule has 1 aromatic rings. The van der Waals surface area contributed by atoms with Gasteiger partial charge in [0.1, 0.15) is 12.7 Å². The van der Waals surface area contributed by atoms with E-state index in [0.29, 0.717) is 17.9 Å². The van der Waals surface area contributed by atoms with Gasteiger partial charge in [0, 0.05) is 24.7 Å². The predicted molar refractivity (Wildman–Crippen MR) is 66.9 cm³/mol. The van der Waals surface area contributed by atoms with Gasteiger partial charge in [-0.2, -0.15) is 5.26 Å². The van der Waals surface area contributed by atoms with E-state index in [0.717, 1.165) is 4.90 Å². The van der Waals surface area contributed by atoms with Crippen LogP contribution in [0.5, 0.6) is 0 Å². The molecule has 5 heteroatoms. The Morgan fingerprint density at radius 1 is 1.47 bits per heavy atom. The molecule has 0 saturated carbocycles. The Morgan fingerprint density at radius 3 is 2.82 bits per heavy atom. The molecule has 0 fully saturated rings. The molecule has 0 unspecified atom stereocenters. The second-order valence-corrected chi connectivity index (χ2v) is 4.60. The van der Waals surface area contributed by atoms with Gasteiger partial charge in [-0.3, -0.25) is 0 Å². The average molecular weight is 250 g/mol. The first-order valence-electron chi connectivity index (χ1n) is 5.11. The average Bonchev–Trinajstić information content (AvgIpc) is 2.34. The normalized spacial score (nSPS) is 9.47. The highest BCUT2D eigenvalue weighted by Crippen LogP contribution is 2.21. The second kappa shape index (κ2) is 6.81. The van der Waals surface area contributed by atoms with E-state index < -0.39 is 0 Å². The molecule has 1 aromatic carbocycles. The molecule has 0 saturated heterocycles. The summed E-state index contributed by atoms with van der Waals surface area (Å²) in [5, 5.41) is 8.88. The largest absolute Gasteiger partial charge is 0.449 e. The van der Waals surface area contributed by atoms with Gasteiger partial charge in [0.25, 0.3) is 0 Å². The van der Waals surface area contributed by atoms with Crippen molar-refractivity contribution in [2.24, 2.45) is 0 Å². The number of ether oxygens (including phenoxy) is 1. The molecule has 0 aliphatic heterocycles. The van der Waals surface area contributed by atoms with E-state index in [-0.39, 0.29) is 6.09 Å². The van der Waals surface area contributed by atoms with Crippen molar-refractivity contribution >= 4 is 17.9 Å². The van der Waals surface area contributed by atoms with Crippen LogP contribution in [0.2, 0.25) is 0 Å². The number of carbonyl (C=O) groups is 1. The minimum atomic E-state index is -0.348. The lowest BCUT2D eigenvalue weighted by molar-refractivity contribution is 0.125. The topological polar surface area (TPSA) is 53.3 Å². The smallest absolute Gasteiger partial charge is 0.409 e. The van der Waals surface area contributed by atoms with Crippen LogP contribution in [0, 0.1) is 11.3 Å². The van der Waals surface area contributed by atoms with Crippen LogP contribution in [0.15, 0.2) is 29.2 Å². The summed E-state index contributed by atoms with van der Waals surface area (Å²) in [6, 6.07) is 9.50. The summed E-state index contributed by atoms with van der Waals surface area (Å²) in [6.07, 6.45) is -0.348. The number of carbonyl (C=O) groups excluding carboxylic acids is 1. The number of benzene rings is 1. The van der Waals surface area contributed by atoms with E-state index in [1.54, 1.807) is 20.2 Å². The zero-order chi connectivity index (χ0) is 12.7. The third kappa shape index (κ3) is 4.37. The molecule has 90 valence electrons. The van der Waals surface area contributed by atoms with E-state index in [1.807, 2.05) is 18.2 Å². The molecule has 4 nitrogen and oxygen atoms in total. The maximum Gasteiger partial charge on any atom is 0.409 e. The van der Waals surface area contributed by atoms with Crippen molar-refractivity contribution in [3.63, 3.8) is 0 Å². The number of hydrogen-bond acceptors (Lipinski definition) is 4. The second-order valence-electron chi connectivity index (χ2n) is 3.47. The number of nitriles is 1. The Labute approximate surface area is 105 Å². The van der Waals surface area contributed by atoms with E-state index >= 15 is 0 Å². The zero-order valence-corrected chi connectivity index (χ0v) is 10.7. The highest BCUT2D eigenvalue weighted by molar-refractivity contribution is 7.99. The Hall–Kier alpha value is -1.67. The van der Waals surface area contributed by atoms with E-state index in [9.17, 15) is 4.79 Å². The quantitative estimate of drug-likeness (QED) is 0.608. The van der Waals surface area contributed by atoms with Crippen molar-refractivity contribution in [3.05, 3.63) is 29.8 Å². The predicted octanol–water partition coefficient (Wildman–Crippen LogP) is 2.35. The Bertz CT molecular complexity index is 427. The van der Waals surface area contributed by atoms with Gasteiger partial charge in [0.05, 0.1) is 5.56 Å². The number of hydrogen-bond donors (Lipinski definition) is 0. The number of nitrogens with zero attached hydrogens (tertiary/aromatic N) is 2. The fourth-order valence-corrected chi connectivity index (χ4v) is 1.93. The van der Waals surface area contributed by atoms with Crippen LogP contribution in [0.4, 0.5) is 4.79 Å². The summed E-state index contributed by atoms with van der Waals surface area (Å²) < 4.78 is 4.98. The monoisotopic (exact) mass is 250 g/mol. The maximum atomic E-state index is 11.1. The lowest BCUT2D eigenvalue weighted by Gasteiger charge is -2.10. The molecular formula is C12H14N2O2S. The highest BCUT2D eigenvalue weighted by atomic mass is 32.2. The van der Waals surface area contributed by atoms with Gasteiger partial charge in [-0.1, -0.05) is 12.1 Å². The molecule has 0 spiro atoms. The van der Waals surface area contributed by atoms with Crippen molar-refractivity contribution in [2.75, 3.05) is 26.5 Å². The first-order valence-corrected chi connectivity index (χ1v) is 6.09. The Balaban J connectivity index is 2.37. The SMILES string of the molecule is CN(C)C(=O)OCCSc1ccccc1C#N. The molecule has 0 N–H and O–H groups in total. The van der Waals surface area contributed by atoms with Crippen molar-refractivity contribution in [2.45, 2.75) is 4.90 Å². The van der Waals surface area contributed by atoms with Crippen molar-refractivity contribution < 1.29 is 9.53 Å². The van der Waals surface area contributed by atoms with Gasteiger partial charge in [0.2, 0.25) is 0 Å². The lowest BCUT2D eigenvalue weighted by Crippen LogP contribution is -2.23. The molecule has 0 aliphatic rings. The van der Waals surface area contributed by atoms with Crippen molar-refractivity contribution in [1.82, 2.24) is 4.90 Å². The first-order chi connectivity index (χ1) is 8.15. The zero-order valence-electron chi connectivity index (χ0n) is 9.84. The Kier molecular flexibility index (Phi) is 5.37. The molecule has 17 heavy (non-hydrogen) atoms. The summed E-state index contributed by atoms with van der Waals surface area (Å²) in [5.74, 6) is 0.637. The molecule has 0 aliphatic carbocycles. The standard InChI is InChI=1S/C12H14N2O2S/c1-14(2)12(15)16-7-8-17-11-6-4-3-5-10(11)9-13/h3-6H,7-8H2,1-2H3. The lowest BCUT2D eigenvalue weighted by atomic mass is 10.2. The number of rotatable bonds is 4. The molecule has 1 rings (SSSR count). The maximum absolute atomic E-state index is 11.1. The minimum Gasteiger partial charge on any atom is -0.449 e. The van der Waals surface area contributed by atoms with Crippen LogP contribution in [0.1, 0.15) is 5.56 Å². The molecule has 0 aromatic heterocycles. The molecule has 1 amide bonds. The van der Waals surface area contributed by atoms with Crippen LogP contribution in [-0.2, 0) is 4.74 Å². The Morgan fingerprint density at radius 2 is 2.18 bits per heavy atom. The summed E-state index contributed by atoms with van der Waals surface area (Å²) in [5.41, 5.74) is 0.649. The molecular weight excluding hydrogens is 236 g/mol. The van der Waals surface area contributed by atoms with Crippen LogP contribution in [0.3, 0.4) is 0 Å². The molecule has 0 bridgehead atoms. The molecule has 0 heterocycles. The van der Waals surface area contributed by atoms with E-state index in [4.69, 9.17) is 10.00 Å². The van der Waals surface area contributed by atoms with Crippen molar-refractivity contribution in [1.29, 1.82) is 5.26 Å². The summed E-state index contributed by atoms with van der Waals surface area (Å²) in [4.78, 5) is 13.4. The fraction of sp³-hybridized carbons (Fsp3) is 0.333. The highest BCUT2D eigenvalue weighted by Gasteiger charge is 2.05. The van der Waals surface area contributed by atoms with Crippen molar-refractivity contribution in [3.8, 4) is 6.07 Å². The minimum absolute atomic E-state index is 0.335. The van der Waals surface area contributed by atoms with Gasteiger partial charge in [-0.25, -0.2) is 4.79 Å². The van der Waals surface area contributed by atoms with Crippen LogP contribution in [0.25, 0.3) is 0 Å². The third-order valence-electron chi connectivity index (χ3n) is 1.94. The molecule has 0 radical (unpaired) electrons. The van der Waals surface area contributed by atoms with Crippen LogP contribution in [-0.4, -0.2) is 37.4 Å². The first kappa shape index (κ1) is 13.4. The number of thioether (sulfide) groups is 1. The van der Waals surface area contributed by atoms with Gasteiger partial charge in [-0.15, -0.1) is 11.8 Å².